The molecule has 34 heavy (non-hydrogen) atoms. The van der Waals surface area contributed by atoms with E-state index in [1.807, 2.05) is 30.3 Å². The van der Waals surface area contributed by atoms with E-state index in [0.29, 0.717) is 28.4 Å². The quantitative estimate of drug-likeness (QED) is 0.432. The summed E-state index contributed by atoms with van der Waals surface area (Å²) >= 11 is 0. The Morgan fingerprint density at radius 2 is 1.35 bits per heavy atom. The molecule has 0 aliphatic heterocycles. The third-order valence-electron chi connectivity index (χ3n) is 5.26. The number of nitrogens with one attached hydrogen (secondary N) is 2. The molecule has 3 aromatic carbocycles. The van der Waals surface area contributed by atoms with Gasteiger partial charge in [0.2, 0.25) is 5.91 Å². The molecule has 2 amide bonds. The molecule has 0 atom stereocenters. The molecule has 0 bridgehead atoms. The van der Waals surface area contributed by atoms with Crippen molar-refractivity contribution >= 4 is 29.3 Å². The van der Waals surface area contributed by atoms with Crippen LogP contribution in [-0.4, -0.2) is 26.0 Å². The molecule has 6 heteroatoms. The monoisotopic (exact) mass is 458 g/mol. The standard InChI is InChI=1S/C28H30N2O4/c1-28(2,3)21-10-8-20(9-11-21)27(32)30-23-14-12-22(13-15-23)29-26(31)17-7-19-6-16-24(33-4)25(18-19)34-5/h6-18H,1-5H3,(H,29,31)(H,30,32)/b17-7+. The van der Waals surface area contributed by atoms with Crippen molar-refractivity contribution in [2.45, 2.75) is 26.2 Å². The molecule has 0 saturated carbocycles. The second kappa shape index (κ2) is 10.7. The van der Waals surface area contributed by atoms with Crippen LogP contribution in [0.1, 0.15) is 42.3 Å². The van der Waals surface area contributed by atoms with E-state index in [9.17, 15) is 9.59 Å². The molecule has 2 N–H and O–H groups in total. The van der Waals surface area contributed by atoms with Crippen molar-refractivity contribution in [2.24, 2.45) is 0 Å². The molecular weight excluding hydrogens is 428 g/mol. The van der Waals surface area contributed by atoms with Crippen LogP contribution in [0.5, 0.6) is 11.5 Å². The lowest BCUT2D eigenvalue weighted by molar-refractivity contribution is -0.111. The van der Waals surface area contributed by atoms with Crippen molar-refractivity contribution in [3.05, 3.63) is 89.5 Å². The normalized spacial score (nSPS) is 11.2. The molecule has 0 fully saturated rings. The highest BCUT2D eigenvalue weighted by molar-refractivity contribution is 6.05. The highest BCUT2D eigenvalue weighted by Gasteiger charge is 2.14. The molecule has 6 nitrogen and oxygen atoms in total. The van der Waals surface area contributed by atoms with Gasteiger partial charge in [0.05, 0.1) is 14.2 Å². The Bertz CT molecular complexity index is 1170. The van der Waals surface area contributed by atoms with Crippen LogP contribution >= 0.6 is 0 Å². The summed E-state index contributed by atoms with van der Waals surface area (Å²) in [6.45, 7) is 6.40. The molecule has 0 aliphatic carbocycles. The zero-order valence-electron chi connectivity index (χ0n) is 20.1. The highest BCUT2D eigenvalue weighted by atomic mass is 16.5. The van der Waals surface area contributed by atoms with Crippen molar-refractivity contribution < 1.29 is 19.1 Å². The average molecular weight is 459 g/mol. The molecule has 0 spiro atoms. The predicted octanol–water partition coefficient (Wildman–Crippen LogP) is 5.91. The van der Waals surface area contributed by atoms with Crippen molar-refractivity contribution in [3.63, 3.8) is 0 Å². The third kappa shape index (κ3) is 6.48. The first kappa shape index (κ1) is 24.6. The molecule has 176 valence electrons. The van der Waals surface area contributed by atoms with E-state index in [4.69, 9.17) is 9.47 Å². The summed E-state index contributed by atoms with van der Waals surface area (Å²) in [6, 6.07) is 20.0. The van der Waals surface area contributed by atoms with E-state index in [-0.39, 0.29) is 17.2 Å². The lowest BCUT2D eigenvalue weighted by atomic mass is 9.87. The Labute approximate surface area is 200 Å². The molecule has 0 radical (unpaired) electrons. The molecule has 3 aromatic rings. The zero-order chi connectivity index (χ0) is 24.7. The van der Waals surface area contributed by atoms with Crippen molar-refractivity contribution in [1.29, 1.82) is 0 Å². The van der Waals surface area contributed by atoms with Crippen LogP contribution in [0, 0.1) is 0 Å². The molecule has 0 heterocycles. The van der Waals surface area contributed by atoms with Gasteiger partial charge < -0.3 is 20.1 Å². The van der Waals surface area contributed by atoms with Gasteiger partial charge in [-0.2, -0.15) is 0 Å². The topological polar surface area (TPSA) is 76.7 Å². The predicted molar refractivity (Wildman–Crippen MR) is 137 cm³/mol. The number of hydrogen-bond donors (Lipinski definition) is 2. The molecule has 0 saturated heterocycles. The summed E-state index contributed by atoms with van der Waals surface area (Å²) in [5, 5.41) is 5.68. The van der Waals surface area contributed by atoms with Crippen LogP contribution < -0.4 is 20.1 Å². The molecule has 0 aromatic heterocycles. The van der Waals surface area contributed by atoms with E-state index in [0.717, 1.165) is 5.56 Å². The highest BCUT2D eigenvalue weighted by Crippen LogP contribution is 2.28. The summed E-state index contributed by atoms with van der Waals surface area (Å²) in [7, 11) is 3.13. The van der Waals surface area contributed by atoms with Gasteiger partial charge in [-0.05, 0) is 71.1 Å². The van der Waals surface area contributed by atoms with Gasteiger partial charge in [-0.25, -0.2) is 0 Å². The van der Waals surface area contributed by atoms with Gasteiger partial charge in [-0.1, -0.05) is 39.0 Å². The fraction of sp³-hybridized carbons (Fsp3) is 0.214. The summed E-state index contributed by atoms with van der Waals surface area (Å²) < 4.78 is 10.5. The molecule has 3 rings (SSSR count). The number of hydrogen-bond acceptors (Lipinski definition) is 4. The Morgan fingerprint density at radius 3 is 1.91 bits per heavy atom. The van der Waals surface area contributed by atoms with Gasteiger partial charge in [0.15, 0.2) is 11.5 Å². The lowest BCUT2D eigenvalue weighted by Crippen LogP contribution is -2.14. The number of methoxy groups -OCH3 is 2. The van der Waals surface area contributed by atoms with Crippen molar-refractivity contribution in [3.8, 4) is 11.5 Å². The third-order valence-corrected chi connectivity index (χ3v) is 5.26. The second-order valence-electron chi connectivity index (χ2n) is 8.80. The van der Waals surface area contributed by atoms with Gasteiger partial charge in [0, 0.05) is 23.0 Å². The SMILES string of the molecule is COc1ccc(/C=C/C(=O)Nc2ccc(NC(=O)c3ccc(C(C)(C)C)cc3)cc2)cc1OC. The maximum absolute atomic E-state index is 12.5. The average Bonchev–Trinajstić information content (AvgIpc) is 2.83. The number of anilines is 2. The maximum atomic E-state index is 12.5. The summed E-state index contributed by atoms with van der Waals surface area (Å²) in [5.74, 6) is 0.756. The fourth-order valence-corrected chi connectivity index (χ4v) is 3.27. The first-order valence-electron chi connectivity index (χ1n) is 10.9. The first-order chi connectivity index (χ1) is 16.2. The van der Waals surface area contributed by atoms with E-state index in [2.05, 4.69) is 31.4 Å². The largest absolute Gasteiger partial charge is 0.493 e. The van der Waals surface area contributed by atoms with Crippen LogP contribution in [0.4, 0.5) is 11.4 Å². The fourth-order valence-electron chi connectivity index (χ4n) is 3.27. The van der Waals surface area contributed by atoms with Crippen molar-refractivity contribution in [2.75, 3.05) is 24.9 Å². The van der Waals surface area contributed by atoms with E-state index in [1.165, 1.54) is 11.6 Å². The van der Waals surface area contributed by atoms with E-state index >= 15 is 0 Å². The van der Waals surface area contributed by atoms with Crippen LogP contribution in [0.3, 0.4) is 0 Å². The lowest BCUT2D eigenvalue weighted by Gasteiger charge is -2.19. The van der Waals surface area contributed by atoms with E-state index in [1.54, 1.807) is 56.7 Å². The summed E-state index contributed by atoms with van der Waals surface area (Å²) in [4.78, 5) is 24.8. The molecular formula is C28H30N2O4. The van der Waals surface area contributed by atoms with Gasteiger partial charge in [-0.15, -0.1) is 0 Å². The van der Waals surface area contributed by atoms with Crippen LogP contribution in [0.25, 0.3) is 6.08 Å². The Morgan fingerprint density at radius 1 is 0.765 bits per heavy atom. The van der Waals surface area contributed by atoms with Gasteiger partial charge in [0.1, 0.15) is 0 Å². The minimum absolute atomic E-state index is 0.0337. The first-order valence-corrected chi connectivity index (χ1v) is 10.9. The van der Waals surface area contributed by atoms with Gasteiger partial charge in [-0.3, -0.25) is 9.59 Å². The molecule has 0 unspecified atom stereocenters. The Hall–Kier alpha value is -4.06. The minimum Gasteiger partial charge on any atom is -0.493 e. The number of amides is 2. The summed E-state index contributed by atoms with van der Waals surface area (Å²) in [6.07, 6.45) is 3.13. The maximum Gasteiger partial charge on any atom is 0.255 e. The Kier molecular flexibility index (Phi) is 7.74. The number of carbonyl (C=O) groups is 2. The van der Waals surface area contributed by atoms with Crippen LogP contribution in [-0.2, 0) is 10.2 Å². The minimum atomic E-state index is -0.273. The number of rotatable bonds is 7. The Balaban J connectivity index is 1.57. The summed E-state index contributed by atoms with van der Waals surface area (Å²) in [5.41, 5.74) is 3.86. The zero-order valence-corrected chi connectivity index (χ0v) is 20.1. The van der Waals surface area contributed by atoms with Crippen LogP contribution in [0.2, 0.25) is 0 Å². The van der Waals surface area contributed by atoms with Gasteiger partial charge >= 0.3 is 0 Å². The second-order valence-corrected chi connectivity index (χ2v) is 8.80. The molecule has 0 aliphatic rings. The van der Waals surface area contributed by atoms with Gasteiger partial charge in [0.25, 0.3) is 5.91 Å². The number of ether oxygens (including phenoxy) is 2. The van der Waals surface area contributed by atoms with Crippen LogP contribution in [0.15, 0.2) is 72.8 Å². The van der Waals surface area contributed by atoms with E-state index < -0.39 is 0 Å². The van der Waals surface area contributed by atoms with Crippen molar-refractivity contribution in [1.82, 2.24) is 0 Å². The number of carbonyl (C=O) groups excluding carboxylic acids is 2. The number of benzene rings is 3. The smallest absolute Gasteiger partial charge is 0.255 e.